The van der Waals surface area contributed by atoms with Gasteiger partial charge in [-0.3, -0.25) is 9.59 Å². The summed E-state index contributed by atoms with van der Waals surface area (Å²) < 4.78 is 5.11. The molecule has 0 radical (unpaired) electrons. The Morgan fingerprint density at radius 3 is 2.75 bits per heavy atom. The molecule has 1 amide bonds. The molecule has 0 unspecified atom stereocenters. The maximum Gasteiger partial charge on any atom is 0.338 e. The quantitative estimate of drug-likeness (QED) is 0.618. The molecule has 1 fully saturated rings. The summed E-state index contributed by atoms with van der Waals surface area (Å²) in [4.78, 5) is 39.2. The van der Waals surface area contributed by atoms with Crippen molar-refractivity contribution in [3.8, 4) is 0 Å². The van der Waals surface area contributed by atoms with Gasteiger partial charge >= 0.3 is 5.97 Å². The number of hydrogen-bond acceptors (Lipinski definition) is 5. The van der Waals surface area contributed by atoms with Crippen molar-refractivity contribution < 1.29 is 19.1 Å². The number of esters is 1. The van der Waals surface area contributed by atoms with Gasteiger partial charge in [-0.25, -0.2) is 4.79 Å². The molecule has 1 aliphatic rings. The Bertz CT molecular complexity index is 796. The Kier molecular flexibility index (Phi) is 4.76. The van der Waals surface area contributed by atoms with Gasteiger partial charge in [0.2, 0.25) is 11.7 Å². The van der Waals surface area contributed by atoms with Crippen LogP contribution in [-0.4, -0.2) is 30.8 Å². The lowest BCUT2D eigenvalue weighted by atomic mass is 10.2. The Balaban J connectivity index is 1.65. The fourth-order valence-corrected chi connectivity index (χ4v) is 3.38. The highest BCUT2D eigenvalue weighted by atomic mass is 32.1. The molecule has 0 aliphatic carbocycles. The van der Waals surface area contributed by atoms with Crippen LogP contribution in [0.5, 0.6) is 0 Å². The van der Waals surface area contributed by atoms with Gasteiger partial charge in [-0.15, -0.1) is 11.3 Å². The summed E-state index contributed by atoms with van der Waals surface area (Å²) in [5.41, 5.74) is 1.02. The van der Waals surface area contributed by atoms with E-state index in [1.807, 2.05) is 13.0 Å². The summed E-state index contributed by atoms with van der Waals surface area (Å²) in [5.74, 6) is -0.721. The summed E-state index contributed by atoms with van der Waals surface area (Å²) >= 11 is 1.38. The Morgan fingerprint density at radius 2 is 2.08 bits per heavy atom. The maximum atomic E-state index is 12.2. The van der Waals surface area contributed by atoms with Crippen LogP contribution < -0.4 is 4.90 Å². The zero-order valence-corrected chi connectivity index (χ0v) is 14.1. The van der Waals surface area contributed by atoms with E-state index in [1.54, 1.807) is 35.2 Å². The number of carbonyl (C=O) groups excluding carboxylic acids is 3. The molecule has 1 aliphatic heterocycles. The van der Waals surface area contributed by atoms with E-state index in [0.29, 0.717) is 29.1 Å². The monoisotopic (exact) mass is 343 g/mol. The molecular formula is C18H17NO4S. The number of aryl methyl sites for hydroxylation is 1. The number of Topliss-reactive ketones (excluding diaryl/α,β-unsaturated/α-hetero) is 1. The van der Waals surface area contributed by atoms with Crippen LogP contribution in [0.2, 0.25) is 0 Å². The predicted octanol–water partition coefficient (Wildman–Crippen LogP) is 3.22. The predicted molar refractivity (Wildman–Crippen MR) is 91.7 cm³/mol. The number of thiophene rings is 1. The lowest BCUT2D eigenvalue weighted by molar-refractivity contribution is -0.117. The molecule has 24 heavy (non-hydrogen) atoms. The number of rotatable bonds is 5. The fraction of sp³-hybridized carbons (Fsp3) is 0.278. The van der Waals surface area contributed by atoms with Gasteiger partial charge in [-0.05, 0) is 43.7 Å². The van der Waals surface area contributed by atoms with Gasteiger partial charge < -0.3 is 9.64 Å². The highest BCUT2D eigenvalue weighted by molar-refractivity contribution is 7.14. The first kappa shape index (κ1) is 16.4. The molecule has 1 aromatic carbocycles. The molecule has 0 spiro atoms. The van der Waals surface area contributed by atoms with Crippen molar-refractivity contribution >= 4 is 34.7 Å². The SMILES string of the molecule is Cc1ccc(C(=O)COC(=O)c2cccc(N3CCCC3=O)c2)s1. The third kappa shape index (κ3) is 3.54. The van der Waals surface area contributed by atoms with Crippen molar-refractivity contribution in [2.75, 3.05) is 18.1 Å². The molecule has 6 heteroatoms. The van der Waals surface area contributed by atoms with Crippen LogP contribution in [0.25, 0.3) is 0 Å². The van der Waals surface area contributed by atoms with Gasteiger partial charge in [-0.2, -0.15) is 0 Å². The number of carbonyl (C=O) groups is 3. The van der Waals surface area contributed by atoms with E-state index in [2.05, 4.69) is 0 Å². The highest BCUT2D eigenvalue weighted by Crippen LogP contribution is 2.22. The van der Waals surface area contributed by atoms with Gasteiger partial charge in [0.15, 0.2) is 6.61 Å². The number of ether oxygens (including phenoxy) is 1. The average molecular weight is 343 g/mol. The molecule has 0 saturated carbocycles. The first-order valence-corrected chi connectivity index (χ1v) is 8.53. The normalized spacial score (nSPS) is 14.0. The van der Waals surface area contributed by atoms with Crippen molar-refractivity contribution in [3.63, 3.8) is 0 Å². The van der Waals surface area contributed by atoms with Crippen LogP contribution in [0.1, 0.15) is 37.7 Å². The van der Waals surface area contributed by atoms with E-state index in [-0.39, 0.29) is 18.3 Å². The highest BCUT2D eigenvalue weighted by Gasteiger charge is 2.22. The molecule has 1 saturated heterocycles. The summed E-state index contributed by atoms with van der Waals surface area (Å²) in [5, 5.41) is 0. The van der Waals surface area contributed by atoms with E-state index < -0.39 is 5.97 Å². The van der Waals surface area contributed by atoms with Gasteiger partial charge in [0.1, 0.15) is 0 Å². The number of hydrogen-bond donors (Lipinski definition) is 0. The molecule has 0 atom stereocenters. The van der Waals surface area contributed by atoms with Gasteiger partial charge in [0.05, 0.1) is 10.4 Å². The first-order chi connectivity index (χ1) is 11.5. The minimum Gasteiger partial charge on any atom is -0.454 e. The van der Waals surface area contributed by atoms with Crippen LogP contribution in [0.15, 0.2) is 36.4 Å². The summed E-state index contributed by atoms with van der Waals surface area (Å²) in [6.07, 6.45) is 1.35. The summed E-state index contributed by atoms with van der Waals surface area (Å²) in [6.45, 7) is 2.29. The Hall–Kier alpha value is -2.47. The zero-order chi connectivity index (χ0) is 17.1. The topological polar surface area (TPSA) is 63.7 Å². The third-order valence-corrected chi connectivity index (χ3v) is 4.86. The largest absolute Gasteiger partial charge is 0.454 e. The lowest BCUT2D eigenvalue weighted by Crippen LogP contribution is -2.24. The van der Waals surface area contributed by atoms with E-state index in [0.717, 1.165) is 11.3 Å². The number of nitrogens with zero attached hydrogens (tertiary/aromatic N) is 1. The molecule has 0 N–H and O–H groups in total. The first-order valence-electron chi connectivity index (χ1n) is 7.72. The van der Waals surface area contributed by atoms with Crippen LogP contribution in [-0.2, 0) is 9.53 Å². The van der Waals surface area contributed by atoms with E-state index in [9.17, 15) is 14.4 Å². The van der Waals surface area contributed by atoms with Crippen LogP contribution >= 0.6 is 11.3 Å². The Morgan fingerprint density at radius 1 is 1.25 bits per heavy atom. The van der Waals surface area contributed by atoms with Crippen molar-refractivity contribution in [1.29, 1.82) is 0 Å². The third-order valence-electron chi connectivity index (χ3n) is 3.82. The number of ketones is 1. The van der Waals surface area contributed by atoms with Crippen molar-refractivity contribution in [3.05, 3.63) is 51.7 Å². The van der Waals surface area contributed by atoms with E-state index in [1.165, 1.54) is 11.3 Å². The van der Waals surface area contributed by atoms with Crippen molar-refractivity contribution in [1.82, 2.24) is 0 Å². The fourth-order valence-electron chi connectivity index (χ4n) is 2.59. The standard InChI is InChI=1S/C18H17NO4S/c1-12-7-8-16(24-12)15(20)11-23-18(22)13-4-2-5-14(10-13)19-9-3-6-17(19)21/h2,4-5,7-8,10H,3,6,9,11H2,1H3. The van der Waals surface area contributed by atoms with Crippen molar-refractivity contribution in [2.45, 2.75) is 19.8 Å². The minimum absolute atomic E-state index is 0.0590. The van der Waals surface area contributed by atoms with Gasteiger partial charge in [0.25, 0.3) is 0 Å². The smallest absolute Gasteiger partial charge is 0.338 e. The molecule has 0 bridgehead atoms. The van der Waals surface area contributed by atoms with Crippen LogP contribution in [0.3, 0.4) is 0 Å². The molecular weight excluding hydrogens is 326 g/mol. The second-order valence-electron chi connectivity index (χ2n) is 5.61. The number of anilines is 1. The molecule has 1 aromatic heterocycles. The van der Waals surface area contributed by atoms with Crippen LogP contribution in [0.4, 0.5) is 5.69 Å². The molecule has 124 valence electrons. The number of amides is 1. The number of benzene rings is 1. The molecule has 2 heterocycles. The van der Waals surface area contributed by atoms with Gasteiger partial charge in [-0.1, -0.05) is 6.07 Å². The summed E-state index contributed by atoms with van der Waals surface area (Å²) in [7, 11) is 0. The molecule has 5 nitrogen and oxygen atoms in total. The lowest BCUT2D eigenvalue weighted by Gasteiger charge is -2.16. The molecule has 3 rings (SSSR count). The summed E-state index contributed by atoms with van der Waals surface area (Å²) in [6, 6.07) is 10.3. The van der Waals surface area contributed by atoms with Gasteiger partial charge in [0, 0.05) is 23.5 Å². The van der Waals surface area contributed by atoms with E-state index in [4.69, 9.17) is 4.74 Å². The van der Waals surface area contributed by atoms with Crippen molar-refractivity contribution in [2.24, 2.45) is 0 Å². The maximum absolute atomic E-state index is 12.2. The van der Waals surface area contributed by atoms with Crippen LogP contribution in [0, 0.1) is 6.92 Å². The zero-order valence-electron chi connectivity index (χ0n) is 13.3. The average Bonchev–Trinajstić information content (AvgIpc) is 3.21. The second kappa shape index (κ2) is 6.97. The second-order valence-corrected chi connectivity index (χ2v) is 6.90. The minimum atomic E-state index is -0.565. The van der Waals surface area contributed by atoms with E-state index >= 15 is 0 Å². The molecule has 2 aromatic rings. The Labute approximate surface area is 143 Å².